The summed E-state index contributed by atoms with van der Waals surface area (Å²) in [5.74, 6) is 1.41. The predicted molar refractivity (Wildman–Crippen MR) is 136 cm³/mol. The minimum Gasteiger partial charge on any atom is -0.409 e. The molecule has 0 aromatic heterocycles. The van der Waals surface area contributed by atoms with E-state index in [9.17, 15) is 9.67 Å². The van der Waals surface area contributed by atoms with Gasteiger partial charge in [0.15, 0.2) is 31.2 Å². The molecule has 0 aromatic rings. The molecule has 0 unspecified atom stereocenters. The maximum absolute atomic E-state index is 13.0. The van der Waals surface area contributed by atoms with Gasteiger partial charge in [-0.2, -0.15) is 0 Å². The van der Waals surface area contributed by atoms with Crippen LogP contribution in [0.25, 0.3) is 0 Å². The minimum atomic E-state index is -3.44. The third-order valence-corrected chi connectivity index (χ3v) is 8.81. The van der Waals surface area contributed by atoms with Crippen molar-refractivity contribution in [2.75, 3.05) is 13.2 Å². The first kappa shape index (κ1) is 30.4. The topological polar surface area (TPSA) is 92.7 Å². The molecular formula is C20H45O8PSi3. The van der Waals surface area contributed by atoms with E-state index in [0.717, 1.165) is 0 Å². The Morgan fingerprint density at radius 2 is 1.19 bits per heavy atom. The first-order valence-corrected chi connectivity index (χ1v) is 23.2. The Morgan fingerprint density at radius 1 is 0.781 bits per heavy atom. The first-order valence-electron chi connectivity index (χ1n) is 11.3. The molecule has 32 heavy (non-hydrogen) atoms. The van der Waals surface area contributed by atoms with Crippen molar-refractivity contribution < 1.29 is 36.7 Å². The second-order valence-electron chi connectivity index (χ2n) is 10.8. The van der Waals surface area contributed by atoms with Crippen LogP contribution in [0.3, 0.4) is 0 Å². The highest BCUT2D eigenvalue weighted by Crippen LogP contribution is 2.50. The van der Waals surface area contributed by atoms with E-state index < -0.39 is 63.3 Å². The van der Waals surface area contributed by atoms with Crippen molar-refractivity contribution in [1.82, 2.24) is 0 Å². The maximum Gasteiger partial charge on any atom is 0.353 e. The van der Waals surface area contributed by atoms with Gasteiger partial charge in [0.2, 0.25) is 0 Å². The molecule has 1 aliphatic heterocycles. The van der Waals surface area contributed by atoms with Gasteiger partial charge in [0.05, 0.1) is 13.2 Å². The van der Waals surface area contributed by atoms with Gasteiger partial charge in [-0.3, -0.25) is 4.57 Å². The average molecular weight is 529 g/mol. The summed E-state index contributed by atoms with van der Waals surface area (Å²) in [5.41, 5.74) is 0. The van der Waals surface area contributed by atoms with E-state index in [1.54, 1.807) is 19.9 Å². The molecule has 0 aromatic carbocycles. The van der Waals surface area contributed by atoms with E-state index in [4.69, 9.17) is 27.1 Å². The molecular weight excluding hydrogens is 483 g/mol. The van der Waals surface area contributed by atoms with Gasteiger partial charge < -0.3 is 32.2 Å². The van der Waals surface area contributed by atoms with Crippen LogP contribution in [0.4, 0.5) is 0 Å². The van der Waals surface area contributed by atoms with Crippen LogP contribution < -0.4 is 0 Å². The lowest BCUT2D eigenvalue weighted by Crippen LogP contribution is -2.64. The van der Waals surface area contributed by atoms with Crippen molar-refractivity contribution in [2.24, 2.45) is 0 Å². The fourth-order valence-electron chi connectivity index (χ4n) is 3.30. The number of ether oxygens (including phenoxy) is 1. The second-order valence-corrected chi connectivity index (χ2v) is 26.1. The van der Waals surface area contributed by atoms with Crippen LogP contribution in [0.1, 0.15) is 13.8 Å². The average Bonchev–Trinajstić information content (AvgIpc) is 2.56. The summed E-state index contributed by atoms with van der Waals surface area (Å²) >= 11 is 0. The summed E-state index contributed by atoms with van der Waals surface area (Å²) < 4.78 is 49.1. The number of aliphatic hydroxyl groups excluding tert-OH is 1. The van der Waals surface area contributed by atoms with Crippen LogP contribution in [0.2, 0.25) is 58.9 Å². The van der Waals surface area contributed by atoms with Gasteiger partial charge in [-0.25, -0.2) is 0 Å². The Bertz CT molecular complexity index is 647. The number of aliphatic hydroxyl groups is 1. The van der Waals surface area contributed by atoms with E-state index >= 15 is 0 Å². The van der Waals surface area contributed by atoms with Gasteiger partial charge in [0, 0.05) is 5.82 Å². The van der Waals surface area contributed by atoms with Crippen LogP contribution in [0.15, 0.2) is 11.9 Å². The summed E-state index contributed by atoms with van der Waals surface area (Å²) in [7, 11) is -9.57. The van der Waals surface area contributed by atoms with Crippen LogP contribution in [-0.4, -0.2) is 74.0 Å². The molecule has 0 spiro atoms. The zero-order chi connectivity index (χ0) is 25.0. The lowest BCUT2D eigenvalue weighted by Gasteiger charge is -2.49. The fourth-order valence-corrected chi connectivity index (χ4v) is 7.88. The zero-order valence-corrected chi connectivity index (χ0v) is 25.6. The van der Waals surface area contributed by atoms with Crippen molar-refractivity contribution in [3.05, 3.63) is 11.9 Å². The molecule has 0 amide bonds. The van der Waals surface area contributed by atoms with Crippen molar-refractivity contribution in [2.45, 2.75) is 103 Å². The van der Waals surface area contributed by atoms with E-state index in [1.807, 2.05) is 0 Å². The molecule has 1 fully saturated rings. The van der Waals surface area contributed by atoms with E-state index in [1.165, 1.54) is 5.82 Å². The summed E-state index contributed by atoms with van der Waals surface area (Å²) in [6.07, 6.45) is -2.04. The Kier molecular flexibility index (Phi) is 11.2. The molecule has 1 saturated heterocycles. The Hall–Kier alpha value is 0.341. The monoisotopic (exact) mass is 528 g/mol. The molecule has 5 atom stereocenters. The Labute approximate surface area is 197 Å². The third kappa shape index (κ3) is 10.7. The van der Waals surface area contributed by atoms with Crippen LogP contribution >= 0.6 is 7.60 Å². The first-order chi connectivity index (χ1) is 14.4. The van der Waals surface area contributed by atoms with Gasteiger partial charge in [-0.15, -0.1) is 0 Å². The minimum absolute atomic E-state index is 0.248. The highest BCUT2D eigenvalue weighted by Gasteiger charge is 2.50. The lowest BCUT2D eigenvalue weighted by molar-refractivity contribution is -0.259. The van der Waals surface area contributed by atoms with Crippen molar-refractivity contribution in [1.29, 1.82) is 0 Å². The highest BCUT2D eigenvalue weighted by atomic mass is 31.2. The van der Waals surface area contributed by atoms with Crippen LogP contribution in [0.5, 0.6) is 0 Å². The number of hydrogen-bond donors (Lipinski definition) is 1. The summed E-state index contributed by atoms with van der Waals surface area (Å²) in [6, 6.07) is 0. The predicted octanol–water partition coefficient (Wildman–Crippen LogP) is 5.14. The van der Waals surface area contributed by atoms with Crippen LogP contribution in [-0.2, 0) is 31.6 Å². The normalized spacial score (nSPS) is 28.4. The molecule has 0 bridgehead atoms. The smallest absolute Gasteiger partial charge is 0.353 e. The second kappa shape index (κ2) is 11.9. The van der Waals surface area contributed by atoms with Crippen LogP contribution in [0, 0.1) is 0 Å². The maximum atomic E-state index is 13.0. The van der Waals surface area contributed by atoms with E-state index in [0.29, 0.717) is 0 Å². The van der Waals surface area contributed by atoms with Gasteiger partial charge in [0.1, 0.15) is 24.4 Å². The number of rotatable bonds is 12. The Morgan fingerprint density at radius 3 is 1.59 bits per heavy atom. The van der Waals surface area contributed by atoms with Gasteiger partial charge in [0.25, 0.3) is 0 Å². The molecule has 0 saturated carbocycles. The molecule has 190 valence electrons. The van der Waals surface area contributed by atoms with E-state index in [2.05, 4.69) is 58.9 Å². The molecule has 1 N–H and O–H groups in total. The van der Waals surface area contributed by atoms with Crippen molar-refractivity contribution in [3.63, 3.8) is 0 Å². The summed E-state index contributed by atoms with van der Waals surface area (Å²) in [6.45, 7) is 22.7. The zero-order valence-electron chi connectivity index (χ0n) is 21.7. The summed E-state index contributed by atoms with van der Waals surface area (Å²) in [5, 5.41) is 10.9. The molecule has 8 nitrogen and oxygen atoms in total. The quantitative estimate of drug-likeness (QED) is 0.275. The largest absolute Gasteiger partial charge is 0.409 e. The molecule has 12 heteroatoms. The van der Waals surface area contributed by atoms with Gasteiger partial charge >= 0.3 is 7.60 Å². The molecule has 1 heterocycles. The van der Waals surface area contributed by atoms with E-state index in [-0.39, 0.29) is 13.2 Å². The third-order valence-electron chi connectivity index (χ3n) is 4.09. The summed E-state index contributed by atoms with van der Waals surface area (Å²) in [4.78, 5) is 0. The van der Waals surface area contributed by atoms with Gasteiger partial charge in [-0.05, 0) is 78.8 Å². The van der Waals surface area contributed by atoms with Gasteiger partial charge in [-0.1, -0.05) is 0 Å². The highest BCUT2D eigenvalue weighted by molar-refractivity contribution is 7.57. The molecule has 0 radical (unpaired) electrons. The van der Waals surface area contributed by atoms with Crippen molar-refractivity contribution >= 4 is 32.5 Å². The Balaban J connectivity index is 3.43. The fraction of sp³-hybridized carbons (Fsp3) is 0.900. The molecule has 1 rings (SSSR count). The van der Waals surface area contributed by atoms with Crippen molar-refractivity contribution in [3.8, 4) is 0 Å². The standard InChI is InChI=1S/C20H45O8PSi3/c1-12-23-29(22,24-13-2)15-14-16-17(26-30(3,4)5)18(27-31(6,7)8)19(20(21)25-16)28-32(9,10)11/h14-21H,12-13H2,1-11H3/b15-14+/t16-,17-,18+,19+,20+/m1/s1. The molecule has 1 aliphatic rings. The SMILES string of the molecule is CCOP(=O)(/C=C/[C@H]1O[C@H](O)[C@@H](O[Si](C)(C)C)[C@@H](O[Si](C)(C)C)[C@@H]1O[Si](C)(C)C)OCC. The molecule has 0 aliphatic carbocycles. The number of hydrogen-bond acceptors (Lipinski definition) is 8. The lowest BCUT2D eigenvalue weighted by atomic mass is 9.99.